The van der Waals surface area contributed by atoms with Gasteiger partial charge in [-0.25, -0.2) is 4.39 Å². The van der Waals surface area contributed by atoms with Gasteiger partial charge in [0.2, 0.25) is 6.86 Å². The normalized spacial score (nSPS) is 10.2. The van der Waals surface area contributed by atoms with Crippen molar-refractivity contribution in [2.75, 3.05) is 18.8 Å². The van der Waals surface area contributed by atoms with Gasteiger partial charge in [-0.3, -0.25) is 0 Å². The number of aryl methyl sites for hydroxylation is 2. The van der Waals surface area contributed by atoms with Crippen LogP contribution in [0, 0.1) is 13.8 Å². The molecule has 1 N–H and O–H groups in total. The third-order valence-electron chi connectivity index (χ3n) is 3.56. The highest BCUT2D eigenvalue weighted by atomic mass is 32.1. The third-order valence-corrected chi connectivity index (χ3v) is 3.78. The fraction of sp³-hybridized carbons (Fsp3) is 0.316. The molecule has 0 aliphatic rings. The van der Waals surface area contributed by atoms with Gasteiger partial charge in [-0.2, -0.15) is 0 Å². The Morgan fingerprint density at radius 1 is 1.12 bits per heavy atom. The summed E-state index contributed by atoms with van der Waals surface area (Å²) in [4.78, 5) is 0. The SMILES string of the molecule is CCOc1cccc(NC(=S)OCF)c1COc1ccc(C)cc1C. The molecule has 6 heteroatoms. The molecule has 134 valence electrons. The molecule has 0 atom stereocenters. The molecule has 0 saturated carbocycles. The molecule has 0 aliphatic heterocycles. The molecule has 25 heavy (non-hydrogen) atoms. The van der Waals surface area contributed by atoms with Crippen LogP contribution in [0.3, 0.4) is 0 Å². The van der Waals surface area contributed by atoms with Gasteiger partial charge in [-0.15, -0.1) is 0 Å². The summed E-state index contributed by atoms with van der Waals surface area (Å²) < 4.78 is 28.6. The largest absolute Gasteiger partial charge is 0.493 e. The third kappa shape index (κ3) is 5.32. The molecule has 0 aliphatic carbocycles. The van der Waals surface area contributed by atoms with Crippen molar-refractivity contribution in [1.82, 2.24) is 0 Å². The quantitative estimate of drug-likeness (QED) is 0.707. The molecular formula is C19H22FNO3S. The molecule has 2 rings (SSSR count). The number of nitrogens with one attached hydrogen (secondary N) is 1. The van der Waals surface area contributed by atoms with E-state index in [0.29, 0.717) is 18.0 Å². The maximum Gasteiger partial charge on any atom is 0.263 e. The zero-order valence-corrected chi connectivity index (χ0v) is 15.4. The second kappa shape index (κ2) is 9.22. The first-order chi connectivity index (χ1) is 12.0. The monoisotopic (exact) mass is 363 g/mol. The van der Waals surface area contributed by atoms with E-state index in [1.165, 1.54) is 5.56 Å². The second-order valence-corrected chi connectivity index (χ2v) is 5.81. The zero-order valence-electron chi connectivity index (χ0n) is 14.6. The van der Waals surface area contributed by atoms with Crippen LogP contribution in [0.25, 0.3) is 0 Å². The number of alkyl halides is 1. The van der Waals surface area contributed by atoms with Gasteiger partial charge in [0.1, 0.15) is 18.1 Å². The van der Waals surface area contributed by atoms with Crippen molar-refractivity contribution < 1.29 is 18.6 Å². The van der Waals surface area contributed by atoms with Gasteiger partial charge in [0.25, 0.3) is 5.17 Å². The van der Waals surface area contributed by atoms with Crippen LogP contribution in [0.2, 0.25) is 0 Å². The number of hydrogen-bond acceptors (Lipinski definition) is 4. The summed E-state index contributed by atoms with van der Waals surface area (Å²) in [5.41, 5.74) is 3.68. The molecule has 0 bridgehead atoms. The first-order valence-electron chi connectivity index (χ1n) is 7.99. The molecule has 0 spiro atoms. The van der Waals surface area contributed by atoms with Crippen molar-refractivity contribution in [3.05, 3.63) is 53.1 Å². The number of benzene rings is 2. The van der Waals surface area contributed by atoms with Crippen LogP contribution >= 0.6 is 12.2 Å². The van der Waals surface area contributed by atoms with Crippen LogP contribution in [-0.2, 0) is 11.3 Å². The van der Waals surface area contributed by atoms with E-state index >= 15 is 0 Å². The van der Waals surface area contributed by atoms with E-state index in [1.54, 1.807) is 0 Å². The van der Waals surface area contributed by atoms with Gasteiger partial charge in [0, 0.05) is 0 Å². The number of ether oxygens (including phenoxy) is 3. The average Bonchev–Trinajstić information content (AvgIpc) is 2.56. The van der Waals surface area contributed by atoms with Gasteiger partial charge in [-0.1, -0.05) is 23.8 Å². The topological polar surface area (TPSA) is 39.7 Å². The van der Waals surface area contributed by atoms with Gasteiger partial charge < -0.3 is 19.5 Å². The van der Waals surface area contributed by atoms with E-state index in [-0.39, 0.29) is 11.8 Å². The van der Waals surface area contributed by atoms with Crippen molar-refractivity contribution in [3.63, 3.8) is 0 Å². The molecular weight excluding hydrogens is 341 g/mol. The lowest BCUT2D eigenvalue weighted by Gasteiger charge is -2.17. The van der Waals surface area contributed by atoms with Gasteiger partial charge in [0.05, 0.1) is 17.9 Å². The highest BCUT2D eigenvalue weighted by Gasteiger charge is 2.13. The van der Waals surface area contributed by atoms with E-state index in [0.717, 1.165) is 16.9 Å². The molecule has 0 aromatic heterocycles. The van der Waals surface area contributed by atoms with Crippen molar-refractivity contribution in [2.45, 2.75) is 27.4 Å². The minimum Gasteiger partial charge on any atom is -0.493 e. The van der Waals surface area contributed by atoms with Crippen molar-refractivity contribution in [3.8, 4) is 11.5 Å². The second-order valence-electron chi connectivity index (χ2n) is 5.44. The average molecular weight is 363 g/mol. The van der Waals surface area contributed by atoms with E-state index in [2.05, 4.69) is 16.1 Å². The van der Waals surface area contributed by atoms with Gasteiger partial charge >= 0.3 is 0 Å². The molecule has 0 unspecified atom stereocenters. The first kappa shape index (κ1) is 19.0. The van der Waals surface area contributed by atoms with Crippen LogP contribution in [0.4, 0.5) is 10.1 Å². The Hall–Kier alpha value is -2.34. The highest BCUT2D eigenvalue weighted by Crippen LogP contribution is 2.29. The number of halogens is 1. The zero-order chi connectivity index (χ0) is 18.2. The summed E-state index contributed by atoms with van der Waals surface area (Å²) in [6.07, 6.45) is 0. The standard InChI is InChI=1S/C19H22FNO3S/c1-4-22-18-7-5-6-16(21-19(25)24-12-20)15(18)11-23-17-9-8-13(2)10-14(17)3/h5-10H,4,11-12H2,1-3H3,(H,21,25). The van der Waals surface area contributed by atoms with E-state index in [4.69, 9.17) is 21.7 Å². The highest BCUT2D eigenvalue weighted by molar-refractivity contribution is 7.80. The fourth-order valence-electron chi connectivity index (χ4n) is 2.43. The number of anilines is 1. The van der Waals surface area contributed by atoms with Gasteiger partial charge in [0.15, 0.2) is 0 Å². The minimum absolute atomic E-state index is 0.0380. The lowest BCUT2D eigenvalue weighted by Crippen LogP contribution is -2.15. The number of rotatable bonds is 7. The summed E-state index contributed by atoms with van der Waals surface area (Å²) in [6.45, 7) is 5.76. The Labute approximate surface area is 152 Å². The Balaban J connectivity index is 2.24. The minimum atomic E-state index is -0.981. The molecule has 0 heterocycles. The van der Waals surface area contributed by atoms with E-state index < -0.39 is 6.86 Å². The van der Waals surface area contributed by atoms with E-state index in [9.17, 15) is 4.39 Å². The Bertz CT molecular complexity index is 737. The Morgan fingerprint density at radius 3 is 2.60 bits per heavy atom. The summed E-state index contributed by atoms with van der Waals surface area (Å²) in [5.74, 6) is 1.48. The van der Waals surface area contributed by atoms with Crippen LogP contribution in [0.15, 0.2) is 36.4 Å². The molecule has 0 radical (unpaired) electrons. The molecule has 0 saturated heterocycles. The smallest absolute Gasteiger partial charge is 0.263 e. The lowest BCUT2D eigenvalue weighted by atomic mass is 10.1. The maximum absolute atomic E-state index is 12.3. The lowest BCUT2D eigenvalue weighted by molar-refractivity contribution is 0.184. The molecule has 2 aromatic rings. The summed E-state index contributed by atoms with van der Waals surface area (Å²) >= 11 is 4.96. The summed E-state index contributed by atoms with van der Waals surface area (Å²) in [6, 6.07) is 11.5. The maximum atomic E-state index is 12.3. The molecule has 0 fully saturated rings. The summed E-state index contributed by atoms with van der Waals surface area (Å²) in [5, 5.41) is 2.84. The van der Waals surface area contributed by atoms with Crippen molar-refractivity contribution in [1.29, 1.82) is 0 Å². The predicted molar refractivity (Wildman–Crippen MR) is 101 cm³/mol. The Morgan fingerprint density at radius 2 is 1.92 bits per heavy atom. The molecule has 0 amide bonds. The summed E-state index contributed by atoms with van der Waals surface area (Å²) in [7, 11) is 0. The molecule has 4 nitrogen and oxygen atoms in total. The van der Waals surface area contributed by atoms with Gasteiger partial charge in [-0.05, 0) is 56.8 Å². The number of hydrogen-bond donors (Lipinski definition) is 1. The van der Waals surface area contributed by atoms with Crippen LogP contribution < -0.4 is 14.8 Å². The van der Waals surface area contributed by atoms with Crippen molar-refractivity contribution >= 4 is 23.1 Å². The van der Waals surface area contributed by atoms with Crippen LogP contribution in [0.5, 0.6) is 11.5 Å². The van der Waals surface area contributed by atoms with Crippen LogP contribution in [-0.4, -0.2) is 18.6 Å². The van der Waals surface area contributed by atoms with Crippen LogP contribution in [0.1, 0.15) is 23.6 Å². The Kier molecular flexibility index (Phi) is 7.01. The number of thiocarbonyl (C=S) groups is 1. The first-order valence-corrected chi connectivity index (χ1v) is 8.40. The molecule has 2 aromatic carbocycles. The fourth-order valence-corrected chi connectivity index (χ4v) is 2.58. The van der Waals surface area contributed by atoms with Crippen molar-refractivity contribution in [2.24, 2.45) is 0 Å². The van der Waals surface area contributed by atoms with E-state index in [1.807, 2.05) is 51.1 Å². The predicted octanol–water partition coefficient (Wildman–Crippen LogP) is 4.92.